The van der Waals surface area contributed by atoms with Crippen molar-refractivity contribution < 1.29 is 8.78 Å². The lowest BCUT2D eigenvalue weighted by Crippen LogP contribution is -2.15. The Bertz CT molecular complexity index is 574. The van der Waals surface area contributed by atoms with Gasteiger partial charge in [0.15, 0.2) is 0 Å². The molecular weight excluding hydrogens is 260 g/mol. The summed E-state index contributed by atoms with van der Waals surface area (Å²) in [6, 6.07) is 4.10. The highest BCUT2D eigenvalue weighted by Crippen LogP contribution is 2.19. The first kappa shape index (κ1) is 13.1. The van der Waals surface area contributed by atoms with Crippen molar-refractivity contribution in [2.24, 2.45) is 0 Å². The molecule has 1 heterocycles. The van der Waals surface area contributed by atoms with Crippen molar-refractivity contribution >= 4 is 0 Å². The predicted molar refractivity (Wildman–Crippen MR) is 71.1 cm³/mol. The molecular formula is C15H15F2N3. The molecule has 0 saturated heterocycles. The van der Waals surface area contributed by atoms with Crippen LogP contribution in [0, 0.1) is 11.6 Å². The van der Waals surface area contributed by atoms with Crippen molar-refractivity contribution in [3.8, 4) is 0 Å². The SMILES string of the molecule is Fc1cc(F)cc(Cc2ncc(CNC3CC3)cn2)c1. The minimum absolute atomic E-state index is 0.324. The standard InChI is InChI=1S/C15H15F2N3/c16-12-3-10(4-13(17)6-12)5-15-19-8-11(9-20-15)7-18-14-1-2-14/h3-4,6,8-9,14,18H,1-2,5,7H2. The van der Waals surface area contributed by atoms with Gasteiger partial charge in [0.25, 0.3) is 0 Å². The van der Waals surface area contributed by atoms with Crippen LogP contribution in [0.25, 0.3) is 0 Å². The molecule has 0 atom stereocenters. The van der Waals surface area contributed by atoms with E-state index in [0.29, 0.717) is 23.9 Å². The van der Waals surface area contributed by atoms with E-state index in [1.807, 2.05) is 0 Å². The summed E-state index contributed by atoms with van der Waals surface area (Å²) in [4.78, 5) is 8.47. The summed E-state index contributed by atoms with van der Waals surface area (Å²) in [6.45, 7) is 0.763. The Morgan fingerprint density at radius 2 is 1.65 bits per heavy atom. The monoisotopic (exact) mass is 275 g/mol. The van der Waals surface area contributed by atoms with Crippen molar-refractivity contribution in [2.45, 2.75) is 31.8 Å². The third-order valence-corrected chi connectivity index (χ3v) is 3.22. The number of rotatable bonds is 5. The van der Waals surface area contributed by atoms with Gasteiger partial charge in [-0.2, -0.15) is 0 Å². The summed E-state index contributed by atoms with van der Waals surface area (Å²) in [6.07, 6.45) is 6.32. The topological polar surface area (TPSA) is 37.8 Å². The lowest BCUT2D eigenvalue weighted by molar-refractivity contribution is 0.580. The highest BCUT2D eigenvalue weighted by Gasteiger charge is 2.19. The van der Waals surface area contributed by atoms with Crippen molar-refractivity contribution in [1.29, 1.82) is 0 Å². The smallest absolute Gasteiger partial charge is 0.132 e. The zero-order chi connectivity index (χ0) is 13.9. The van der Waals surface area contributed by atoms with Crippen LogP contribution in [-0.2, 0) is 13.0 Å². The van der Waals surface area contributed by atoms with Crippen LogP contribution < -0.4 is 5.32 Å². The Balaban J connectivity index is 1.64. The van der Waals surface area contributed by atoms with E-state index in [2.05, 4.69) is 15.3 Å². The van der Waals surface area contributed by atoms with E-state index >= 15 is 0 Å². The molecule has 0 amide bonds. The Labute approximate surface area is 116 Å². The van der Waals surface area contributed by atoms with Crippen molar-refractivity contribution in [1.82, 2.24) is 15.3 Å². The molecule has 0 bridgehead atoms. The van der Waals surface area contributed by atoms with Crippen LogP contribution in [0.5, 0.6) is 0 Å². The number of nitrogens with zero attached hydrogens (tertiary/aromatic N) is 2. The maximum atomic E-state index is 13.1. The first-order valence-electron chi connectivity index (χ1n) is 6.67. The van der Waals surface area contributed by atoms with E-state index in [0.717, 1.165) is 18.2 Å². The second kappa shape index (κ2) is 5.63. The second-order valence-electron chi connectivity index (χ2n) is 5.12. The van der Waals surface area contributed by atoms with Gasteiger partial charge in [0.1, 0.15) is 17.5 Å². The van der Waals surface area contributed by atoms with Crippen LogP contribution in [0.1, 0.15) is 29.8 Å². The number of nitrogens with one attached hydrogen (secondary N) is 1. The minimum atomic E-state index is -0.578. The molecule has 1 N–H and O–H groups in total. The number of benzene rings is 1. The molecule has 0 radical (unpaired) electrons. The van der Waals surface area contributed by atoms with E-state index in [9.17, 15) is 8.78 Å². The number of aromatic nitrogens is 2. The molecule has 3 nitrogen and oxygen atoms in total. The molecule has 5 heteroatoms. The molecule has 104 valence electrons. The first-order valence-corrected chi connectivity index (χ1v) is 6.67. The fourth-order valence-corrected chi connectivity index (χ4v) is 2.01. The number of hydrogen-bond acceptors (Lipinski definition) is 3. The van der Waals surface area contributed by atoms with Gasteiger partial charge < -0.3 is 5.32 Å². The van der Waals surface area contributed by atoms with E-state index in [4.69, 9.17) is 0 Å². The average molecular weight is 275 g/mol. The molecule has 1 aromatic heterocycles. The maximum Gasteiger partial charge on any atom is 0.132 e. The molecule has 0 unspecified atom stereocenters. The quantitative estimate of drug-likeness (QED) is 0.911. The molecule has 0 aliphatic heterocycles. The number of halogens is 2. The van der Waals surface area contributed by atoms with E-state index in [1.165, 1.54) is 25.0 Å². The Kier molecular flexibility index (Phi) is 3.69. The molecule has 1 aliphatic carbocycles. The third-order valence-electron chi connectivity index (χ3n) is 3.22. The summed E-state index contributed by atoms with van der Waals surface area (Å²) in [7, 11) is 0. The molecule has 20 heavy (non-hydrogen) atoms. The first-order chi connectivity index (χ1) is 9.69. The molecule has 1 aromatic carbocycles. The fourth-order valence-electron chi connectivity index (χ4n) is 2.01. The van der Waals surface area contributed by atoms with Crippen LogP contribution in [0.2, 0.25) is 0 Å². The summed E-state index contributed by atoms with van der Waals surface area (Å²) >= 11 is 0. The van der Waals surface area contributed by atoms with Crippen LogP contribution >= 0.6 is 0 Å². The van der Waals surface area contributed by atoms with Gasteiger partial charge in [-0.15, -0.1) is 0 Å². The Hall–Kier alpha value is -1.88. The molecule has 3 rings (SSSR count). The zero-order valence-electron chi connectivity index (χ0n) is 10.9. The highest BCUT2D eigenvalue weighted by molar-refractivity contribution is 5.21. The summed E-state index contributed by atoms with van der Waals surface area (Å²) in [5.41, 5.74) is 1.55. The molecule has 0 spiro atoms. The van der Waals surface area contributed by atoms with Gasteiger partial charge in [-0.3, -0.25) is 0 Å². The average Bonchev–Trinajstić information content (AvgIpc) is 3.21. The van der Waals surface area contributed by atoms with E-state index in [-0.39, 0.29) is 0 Å². The molecule has 2 aromatic rings. The number of hydrogen-bond donors (Lipinski definition) is 1. The van der Waals surface area contributed by atoms with E-state index < -0.39 is 11.6 Å². The van der Waals surface area contributed by atoms with Gasteiger partial charge in [-0.05, 0) is 30.5 Å². The Morgan fingerprint density at radius 1 is 1.00 bits per heavy atom. The minimum Gasteiger partial charge on any atom is -0.310 e. The van der Waals surface area contributed by atoms with Gasteiger partial charge in [-0.25, -0.2) is 18.7 Å². The van der Waals surface area contributed by atoms with Crippen LogP contribution in [0.3, 0.4) is 0 Å². The highest BCUT2D eigenvalue weighted by atomic mass is 19.1. The van der Waals surface area contributed by atoms with Crippen molar-refractivity contribution in [2.75, 3.05) is 0 Å². The van der Waals surface area contributed by atoms with Crippen LogP contribution in [-0.4, -0.2) is 16.0 Å². The normalized spacial score (nSPS) is 14.5. The van der Waals surface area contributed by atoms with Crippen molar-refractivity contribution in [3.05, 3.63) is 59.2 Å². The second-order valence-corrected chi connectivity index (χ2v) is 5.12. The predicted octanol–water partition coefficient (Wildman–Crippen LogP) is 2.60. The molecule has 1 aliphatic rings. The molecule has 1 fully saturated rings. The lowest BCUT2D eigenvalue weighted by Gasteiger charge is -2.04. The maximum absolute atomic E-state index is 13.1. The van der Waals surface area contributed by atoms with Gasteiger partial charge in [0, 0.05) is 43.0 Å². The summed E-state index contributed by atoms with van der Waals surface area (Å²) in [5, 5.41) is 3.38. The van der Waals surface area contributed by atoms with Gasteiger partial charge in [-0.1, -0.05) is 0 Å². The lowest BCUT2D eigenvalue weighted by atomic mass is 10.1. The van der Waals surface area contributed by atoms with Crippen LogP contribution in [0.15, 0.2) is 30.6 Å². The van der Waals surface area contributed by atoms with E-state index in [1.54, 1.807) is 12.4 Å². The van der Waals surface area contributed by atoms with Gasteiger partial charge in [0.2, 0.25) is 0 Å². The van der Waals surface area contributed by atoms with Gasteiger partial charge >= 0.3 is 0 Å². The van der Waals surface area contributed by atoms with Crippen molar-refractivity contribution in [3.63, 3.8) is 0 Å². The summed E-state index contributed by atoms with van der Waals surface area (Å²) < 4.78 is 26.2. The zero-order valence-corrected chi connectivity index (χ0v) is 10.9. The third kappa shape index (κ3) is 3.57. The largest absolute Gasteiger partial charge is 0.310 e. The fraction of sp³-hybridized carbons (Fsp3) is 0.333. The Morgan fingerprint density at radius 3 is 2.25 bits per heavy atom. The summed E-state index contributed by atoms with van der Waals surface area (Å²) in [5.74, 6) is -0.597. The van der Waals surface area contributed by atoms with Gasteiger partial charge in [0.05, 0.1) is 0 Å². The molecule has 1 saturated carbocycles. The van der Waals surface area contributed by atoms with Crippen LogP contribution in [0.4, 0.5) is 8.78 Å².